The van der Waals surface area contributed by atoms with E-state index in [0.29, 0.717) is 43.9 Å². The molecule has 0 spiro atoms. The lowest BCUT2D eigenvalue weighted by Crippen LogP contribution is -2.42. The number of fused-ring (bicyclic) bond motifs is 1. The summed E-state index contributed by atoms with van der Waals surface area (Å²) in [5.41, 5.74) is 1.80. The van der Waals surface area contributed by atoms with Crippen LogP contribution in [0.3, 0.4) is 0 Å². The molecule has 0 saturated carbocycles. The molecule has 5 rings (SSSR count). The van der Waals surface area contributed by atoms with E-state index in [-0.39, 0.29) is 23.5 Å². The molecule has 1 fully saturated rings. The Balaban J connectivity index is 1.22. The van der Waals surface area contributed by atoms with Gasteiger partial charge in [-0.2, -0.15) is 5.10 Å². The van der Waals surface area contributed by atoms with Gasteiger partial charge in [0.2, 0.25) is 5.91 Å². The summed E-state index contributed by atoms with van der Waals surface area (Å²) in [7, 11) is 0. The van der Waals surface area contributed by atoms with Gasteiger partial charge < -0.3 is 14.6 Å². The molecular formula is C25H25FN4O3S. The number of piperidine rings is 1. The lowest BCUT2D eigenvalue weighted by atomic mass is 9.95. The van der Waals surface area contributed by atoms with Crippen LogP contribution in [-0.4, -0.2) is 39.6 Å². The summed E-state index contributed by atoms with van der Waals surface area (Å²) >= 11 is 1.43. The highest BCUT2D eigenvalue weighted by molar-refractivity contribution is 7.20. The highest BCUT2D eigenvalue weighted by Gasteiger charge is 2.29. The summed E-state index contributed by atoms with van der Waals surface area (Å²) in [6.45, 7) is 3.91. The summed E-state index contributed by atoms with van der Waals surface area (Å²) < 4.78 is 20.4. The van der Waals surface area contributed by atoms with E-state index in [2.05, 4.69) is 10.4 Å². The normalized spacial score (nSPS) is 14.6. The second kappa shape index (κ2) is 9.42. The number of carbonyl (C=O) groups excluding carboxylic acids is 2. The van der Waals surface area contributed by atoms with Crippen molar-refractivity contribution in [2.75, 3.05) is 13.1 Å². The molecule has 1 aromatic carbocycles. The van der Waals surface area contributed by atoms with Crippen molar-refractivity contribution < 1.29 is 18.4 Å². The Labute approximate surface area is 200 Å². The summed E-state index contributed by atoms with van der Waals surface area (Å²) in [4.78, 5) is 29.1. The minimum atomic E-state index is -0.270. The second-order valence-corrected chi connectivity index (χ2v) is 9.59. The number of aromatic nitrogens is 2. The highest BCUT2D eigenvalue weighted by Crippen LogP contribution is 2.31. The van der Waals surface area contributed by atoms with Gasteiger partial charge in [-0.05, 0) is 55.7 Å². The number of nitrogens with one attached hydrogen (secondary N) is 1. The average molecular weight is 481 g/mol. The van der Waals surface area contributed by atoms with Crippen LogP contribution in [0.2, 0.25) is 0 Å². The molecule has 7 nitrogen and oxygen atoms in total. The van der Waals surface area contributed by atoms with Gasteiger partial charge in [0.25, 0.3) is 5.91 Å². The molecule has 4 heterocycles. The molecule has 4 aromatic rings. The molecule has 0 aliphatic carbocycles. The predicted molar refractivity (Wildman–Crippen MR) is 127 cm³/mol. The van der Waals surface area contributed by atoms with Gasteiger partial charge in [-0.15, -0.1) is 11.3 Å². The van der Waals surface area contributed by atoms with Crippen molar-refractivity contribution in [1.29, 1.82) is 0 Å². The van der Waals surface area contributed by atoms with Crippen LogP contribution < -0.4 is 5.32 Å². The number of aryl methyl sites for hydroxylation is 1. The van der Waals surface area contributed by atoms with E-state index >= 15 is 0 Å². The third-order valence-electron chi connectivity index (χ3n) is 6.23. The zero-order chi connectivity index (χ0) is 23.7. The minimum absolute atomic E-state index is 0.00173. The topological polar surface area (TPSA) is 80.4 Å². The van der Waals surface area contributed by atoms with Crippen molar-refractivity contribution in [2.45, 2.75) is 32.9 Å². The molecule has 2 amide bonds. The molecule has 9 heteroatoms. The molecule has 0 atom stereocenters. The zero-order valence-corrected chi connectivity index (χ0v) is 19.6. The Morgan fingerprint density at radius 3 is 2.68 bits per heavy atom. The fourth-order valence-electron chi connectivity index (χ4n) is 4.32. The molecule has 0 bridgehead atoms. The summed E-state index contributed by atoms with van der Waals surface area (Å²) in [6.07, 6.45) is 2.86. The first-order valence-corrected chi connectivity index (χ1v) is 12.1. The predicted octanol–water partition coefficient (Wildman–Crippen LogP) is 4.36. The number of hydrogen-bond donors (Lipinski definition) is 1. The van der Waals surface area contributed by atoms with Crippen LogP contribution in [0.15, 0.2) is 53.1 Å². The summed E-state index contributed by atoms with van der Waals surface area (Å²) in [5.74, 6) is 0.338. The van der Waals surface area contributed by atoms with Crippen molar-refractivity contribution >= 4 is 33.4 Å². The van der Waals surface area contributed by atoms with Gasteiger partial charge >= 0.3 is 0 Å². The fraction of sp³-hybridized carbons (Fsp3) is 0.320. The second-order valence-electron chi connectivity index (χ2n) is 8.56. The van der Waals surface area contributed by atoms with E-state index in [0.717, 1.165) is 27.2 Å². The van der Waals surface area contributed by atoms with Gasteiger partial charge in [-0.3, -0.25) is 14.3 Å². The quantitative estimate of drug-likeness (QED) is 0.445. The Morgan fingerprint density at radius 1 is 1.21 bits per heavy atom. The number of nitrogens with zero attached hydrogens (tertiary/aromatic N) is 3. The van der Waals surface area contributed by atoms with E-state index in [1.807, 2.05) is 28.6 Å². The molecule has 0 unspecified atom stereocenters. The number of furan rings is 1. The fourth-order valence-corrected chi connectivity index (χ4v) is 5.45. The third kappa shape index (κ3) is 4.61. The Hall–Kier alpha value is -3.46. The SMILES string of the molecule is Cc1nn(Cc2ccc(F)cc2)c2sc(C(=O)N3CCC(C(=O)NCc4ccco4)CC3)cc12. The van der Waals surface area contributed by atoms with Gasteiger partial charge in [0.1, 0.15) is 16.4 Å². The molecule has 1 aliphatic heterocycles. The van der Waals surface area contributed by atoms with Gasteiger partial charge in [-0.1, -0.05) is 12.1 Å². The third-order valence-corrected chi connectivity index (χ3v) is 7.37. The van der Waals surface area contributed by atoms with Crippen molar-refractivity contribution in [1.82, 2.24) is 20.0 Å². The molecule has 1 aliphatic rings. The monoisotopic (exact) mass is 480 g/mol. The van der Waals surface area contributed by atoms with Crippen LogP contribution in [0.5, 0.6) is 0 Å². The van der Waals surface area contributed by atoms with Crippen LogP contribution in [0, 0.1) is 18.7 Å². The van der Waals surface area contributed by atoms with E-state index < -0.39 is 0 Å². The maximum absolute atomic E-state index is 13.2. The van der Waals surface area contributed by atoms with Crippen molar-refractivity contribution in [3.63, 3.8) is 0 Å². The Morgan fingerprint density at radius 2 is 1.97 bits per heavy atom. The minimum Gasteiger partial charge on any atom is -0.467 e. The van der Waals surface area contributed by atoms with Crippen LogP contribution in [0.25, 0.3) is 10.2 Å². The van der Waals surface area contributed by atoms with Crippen molar-refractivity contribution in [2.24, 2.45) is 5.92 Å². The summed E-state index contributed by atoms with van der Waals surface area (Å²) in [5, 5.41) is 8.48. The number of amides is 2. The first-order valence-electron chi connectivity index (χ1n) is 11.3. The lowest BCUT2D eigenvalue weighted by Gasteiger charge is -2.31. The zero-order valence-electron chi connectivity index (χ0n) is 18.8. The van der Waals surface area contributed by atoms with Gasteiger partial charge in [0, 0.05) is 24.4 Å². The van der Waals surface area contributed by atoms with Gasteiger partial charge in [0.15, 0.2) is 0 Å². The van der Waals surface area contributed by atoms with Crippen molar-refractivity contribution in [3.8, 4) is 0 Å². The lowest BCUT2D eigenvalue weighted by molar-refractivity contribution is -0.126. The molecule has 3 aromatic heterocycles. The van der Waals surface area contributed by atoms with Crippen LogP contribution in [0.4, 0.5) is 4.39 Å². The number of hydrogen-bond acceptors (Lipinski definition) is 5. The number of halogens is 1. The smallest absolute Gasteiger partial charge is 0.264 e. The Bertz CT molecular complexity index is 1300. The molecular weight excluding hydrogens is 455 g/mol. The highest BCUT2D eigenvalue weighted by atomic mass is 32.1. The van der Waals surface area contributed by atoms with Crippen molar-refractivity contribution in [3.05, 3.63) is 76.4 Å². The Kier molecular flexibility index (Phi) is 6.19. The van der Waals surface area contributed by atoms with Crippen LogP contribution in [-0.2, 0) is 17.9 Å². The number of thiophene rings is 1. The maximum atomic E-state index is 13.2. The molecule has 34 heavy (non-hydrogen) atoms. The molecule has 1 N–H and O–H groups in total. The number of benzene rings is 1. The van der Waals surface area contributed by atoms with Gasteiger partial charge in [0.05, 0.1) is 29.9 Å². The number of carbonyl (C=O) groups is 2. The van der Waals surface area contributed by atoms with E-state index in [4.69, 9.17) is 4.42 Å². The number of rotatable bonds is 6. The molecule has 0 radical (unpaired) electrons. The van der Waals surface area contributed by atoms with Crippen LogP contribution in [0.1, 0.15) is 39.5 Å². The molecule has 1 saturated heterocycles. The van der Waals surface area contributed by atoms with Crippen LogP contribution >= 0.6 is 11.3 Å². The first kappa shape index (κ1) is 22.3. The van der Waals surface area contributed by atoms with Gasteiger partial charge in [-0.25, -0.2) is 4.39 Å². The maximum Gasteiger partial charge on any atom is 0.264 e. The summed E-state index contributed by atoms with van der Waals surface area (Å²) in [6, 6.07) is 11.9. The molecule has 176 valence electrons. The first-order chi connectivity index (χ1) is 16.5. The average Bonchev–Trinajstić information content (AvgIpc) is 3.58. The van der Waals surface area contributed by atoms with E-state index in [1.165, 1.54) is 23.5 Å². The van der Waals surface area contributed by atoms with E-state index in [9.17, 15) is 14.0 Å². The standard InChI is InChI=1S/C25H25FN4O3S/c1-16-21-13-22(34-25(21)30(28-16)15-17-4-6-19(26)7-5-17)24(32)29-10-8-18(9-11-29)23(31)27-14-20-3-2-12-33-20/h2-7,12-13,18H,8-11,14-15H2,1H3,(H,27,31). The number of likely N-dealkylation sites (tertiary alicyclic amines) is 1. The largest absolute Gasteiger partial charge is 0.467 e. The van der Waals surface area contributed by atoms with E-state index in [1.54, 1.807) is 24.5 Å².